The third-order valence-corrected chi connectivity index (χ3v) is 1.34. The Kier molecular flexibility index (Phi) is 2.38. The first kappa shape index (κ1) is 7.94. The molecule has 1 rings (SSSR count). The summed E-state index contributed by atoms with van der Waals surface area (Å²) in [7, 11) is 1.79. The molecule has 0 aromatic carbocycles. The van der Waals surface area contributed by atoms with E-state index >= 15 is 0 Å². The zero-order chi connectivity index (χ0) is 8.27. The first-order valence-corrected chi connectivity index (χ1v) is 3.48. The van der Waals surface area contributed by atoms with E-state index in [0.717, 1.165) is 11.4 Å². The highest BCUT2D eigenvalue weighted by Crippen LogP contribution is 2.02. The molecule has 0 saturated carbocycles. The third-order valence-electron chi connectivity index (χ3n) is 1.34. The second-order valence-corrected chi connectivity index (χ2v) is 2.28. The Morgan fingerprint density at radius 1 is 1.55 bits per heavy atom. The molecule has 0 unspecified atom stereocenters. The first-order chi connectivity index (χ1) is 5.26. The number of anilines is 1. The number of aryl methyl sites for hydroxylation is 1. The number of hydrogen-bond acceptors (Lipinski definition) is 4. The average Bonchev–Trinajstić information content (AvgIpc) is 2.03. The molecule has 0 aliphatic carbocycles. The quantitative estimate of drug-likeness (QED) is 0.639. The van der Waals surface area contributed by atoms with Crippen LogP contribution < -0.4 is 11.1 Å². The van der Waals surface area contributed by atoms with Crippen LogP contribution in [0.4, 0.5) is 5.95 Å². The van der Waals surface area contributed by atoms with E-state index in [1.165, 1.54) is 0 Å². The molecule has 0 saturated heterocycles. The van der Waals surface area contributed by atoms with Gasteiger partial charge < -0.3 is 11.1 Å². The summed E-state index contributed by atoms with van der Waals surface area (Å²) in [5.41, 5.74) is 7.22. The monoisotopic (exact) mass is 152 g/mol. The summed E-state index contributed by atoms with van der Waals surface area (Å²) in [4.78, 5) is 8.25. The van der Waals surface area contributed by atoms with E-state index in [0.29, 0.717) is 12.5 Å². The van der Waals surface area contributed by atoms with Gasteiger partial charge in [-0.05, 0) is 13.0 Å². The van der Waals surface area contributed by atoms with E-state index in [-0.39, 0.29) is 0 Å². The van der Waals surface area contributed by atoms with Gasteiger partial charge >= 0.3 is 0 Å². The van der Waals surface area contributed by atoms with Gasteiger partial charge in [-0.25, -0.2) is 9.97 Å². The molecule has 0 atom stereocenters. The molecule has 4 nitrogen and oxygen atoms in total. The Bertz CT molecular complexity index is 224. The molecule has 0 aliphatic heterocycles. The summed E-state index contributed by atoms with van der Waals surface area (Å²) >= 11 is 0. The Hall–Kier alpha value is -1.16. The van der Waals surface area contributed by atoms with E-state index in [1.807, 2.05) is 13.0 Å². The van der Waals surface area contributed by atoms with E-state index in [9.17, 15) is 0 Å². The van der Waals surface area contributed by atoms with Crippen molar-refractivity contribution in [2.75, 3.05) is 12.4 Å². The van der Waals surface area contributed by atoms with Gasteiger partial charge in [0.2, 0.25) is 5.95 Å². The Morgan fingerprint density at radius 2 is 2.27 bits per heavy atom. The smallest absolute Gasteiger partial charge is 0.222 e. The topological polar surface area (TPSA) is 63.8 Å². The molecule has 60 valence electrons. The molecule has 3 N–H and O–H groups in total. The van der Waals surface area contributed by atoms with Crippen molar-refractivity contribution in [1.29, 1.82) is 0 Å². The van der Waals surface area contributed by atoms with Crippen molar-refractivity contribution in [3.63, 3.8) is 0 Å². The lowest BCUT2D eigenvalue weighted by atomic mass is 10.3. The molecular formula is C7H12N4. The maximum Gasteiger partial charge on any atom is 0.222 e. The molecule has 11 heavy (non-hydrogen) atoms. The van der Waals surface area contributed by atoms with Crippen LogP contribution in [0.15, 0.2) is 6.07 Å². The predicted molar refractivity (Wildman–Crippen MR) is 44.2 cm³/mol. The summed E-state index contributed by atoms with van der Waals surface area (Å²) < 4.78 is 0. The van der Waals surface area contributed by atoms with Crippen molar-refractivity contribution in [3.05, 3.63) is 17.5 Å². The highest BCUT2D eigenvalue weighted by molar-refractivity contribution is 5.26. The summed E-state index contributed by atoms with van der Waals surface area (Å²) in [5, 5.41) is 2.86. The standard InChI is InChI=1S/C7H12N4/c1-5-3-6(4-8)11-7(9-2)10-5/h3H,4,8H2,1-2H3,(H,9,10,11). The third kappa shape index (κ3) is 1.88. The van der Waals surface area contributed by atoms with Gasteiger partial charge in [0.1, 0.15) is 0 Å². The van der Waals surface area contributed by atoms with Gasteiger partial charge in [-0.15, -0.1) is 0 Å². The predicted octanol–water partition coefficient (Wildman–Crippen LogP) is 0.285. The second kappa shape index (κ2) is 3.30. The number of nitrogens with two attached hydrogens (primary N) is 1. The van der Waals surface area contributed by atoms with Crippen LogP contribution in [0, 0.1) is 6.92 Å². The minimum atomic E-state index is 0.456. The fourth-order valence-corrected chi connectivity index (χ4v) is 0.850. The molecule has 1 aromatic rings. The highest BCUT2D eigenvalue weighted by Gasteiger charge is 1.97. The molecule has 0 amide bonds. The minimum absolute atomic E-state index is 0.456. The second-order valence-electron chi connectivity index (χ2n) is 2.28. The van der Waals surface area contributed by atoms with Gasteiger partial charge in [0.05, 0.1) is 5.69 Å². The number of rotatable bonds is 2. The molecule has 4 heteroatoms. The van der Waals surface area contributed by atoms with Crippen LogP contribution in [0.3, 0.4) is 0 Å². The van der Waals surface area contributed by atoms with Crippen LogP contribution in [0.2, 0.25) is 0 Å². The lowest BCUT2D eigenvalue weighted by molar-refractivity contribution is 0.950. The summed E-state index contributed by atoms with van der Waals surface area (Å²) in [6.07, 6.45) is 0. The Labute approximate surface area is 65.9 Å². The number of nitrogens with one attached hydrogen (secondary N) is 1. The molecule has 0 bridgehead atoms. The summed E-state index contributed by atoms with van der Waals surface area (Å²) in [5.74, 6) is 0.630. The lowest BCUT2D eigenvalue weighted by Gasteiger charge is -2.01. The first-order valence-electron chi connectivity index (χ1n) is 3.48. The maximum atomic E-state index is 5.42. The molecule has 0 spiro atoms. The average molecular weight is 152 g/mol. The largest absolute Gasteiger partial charge is 0.357 e. The van der Waals surface area contributed by atoms with Crippen LogP contribution in [0.1, 0.15) is 11.4 Å². The van der Waals surface area contributed by atoms with Crippen LogP contribution >= 0.6 is 0 Å². The van der Waals surface area contributed by atoms with Gasteiger partial charge in [-0.2, -0.15) is 0 Å². The van der Waals surface area contributed by atoms with Crippen molar-refractivity contribution in [2.45, 2.75) is 13.5 Å². The Morgan fingerprint density at radius 3 is 2.82 bits per heavy atom. The van der Waals surface area contributed by atoms with Crippen LogP contribution in [-0.4, -0.2) is 17.0 Å². The van der Waals surface area contributed by atoms with Gasteiger partial charge in [0.25, 0.3) is 0 Å². The molecular weight excluding hydrogens is 140 g/mol. The fourth-order valence-electron chi connectivity index (χ4n) is 0.850. The summed E-state index contributed by atoms with van der Waals surface area (Å²) in [6, 6.07) is 1.88. The number of hydrogen-bond donors (Lipinski definition) is 2. The van der Waals surface area contributed by atoms with Gasteiger partial charge in [-0.1, -0.05) is 0 Å². The van der Waals surface area contributed by atoms with E-state index in [4.69, 9.17) is 5.73 Å². The van der Waals surface area contributed by atoms with Crippen molar-refractivity contribution < 1.29 is 0 Å². The zero-order valence-corrected chi connectivity index (χ0v) is 6.76. The molecule has 0 aliphatic rings. The van der Waals surface area contributed by atoms with E-state index in [2.05, 4.69) is 15.3 Å². The normalized spacial score (nSPS) is 9.73. The van der Waals surface area contributed by atoms with Crippen LogP contribution in [0.5, 0.6) is 0 Å². The highest BCUT2D eigenvalue weighted by atomic mass is 15.1. The van der Waals surface area contributed by atoms with Crippen molar-refractivity contribution >= 4 is 5.95 Å². The molecule has 0 radical (unpaired) electrons. The number of aromatic nitrogens is 2. The Balaban J connectivity index is 3.02. The van der Waals surface area contributed by atoms with Crippen LogP contribution in [-0.2, 0) is 6.54 Å². The fraction of sp³-hybridized carbons (Fsp3) is 0.429. The van der Waals surface area contributed by atoms with Gasteiger partial charge in [0.15, 0.2) is 0 Å². The zero-order valence-electron chi connectivity index (χ0n) is 6.76. The van der Waals surface area contributed by atoms with E-state index < -0.39 is 0 Å². The van der Waals surface area contributed by atoms with Crippen LogP contribution in [0.25, 0.3) is 0 Å². The van der Waals surface area contributed by atoms with E-state index in [1.54, 1.807) is 7.05 Å². The van der Waals surface area contributed by atoms with Crippen molar-refractivity contribution in [3.8, 4) is 0 Å². The molecule has 0 fully saturated rings. The van der Waals surface area contributed by atoms with Gasteiger partial charge in [0, 0.05) is 19.3 Å². The molecule has 1 heterocycles. The maximum absolute atomic E-state index is 5.42. The SMILES string of the molecule is CNc1nc(C)cc(CN)n1. The number of nitrogens with zero attached hydrogens (tertiary/aromatic N) is 2. The molecule has 1 aromatic heterocycles. The minimum Gasteiger partial charge on any atom is -0.357 e. The van der Waals surface area contributed by atoms with Crippen molar-refractivity contribution in [2.24, 2.45) is 5.73 Å². The van der Waals surface area contributed by atoms with Crippen molar-refractivity contribution in [1.82, 2.24) is 9.97 Å². The lowest BCUT2D eigenvalue weighted by Crippen LogP contribution is -2.05. The summed E-state index contributed by atoms with van der Waals surface area (Å²) in [6.45, 7) is 2.37. The van der Waals surface area contributed by atoms with Gasteiger partial charge in [-0.3, -0.25) is 0 Å².